The van der Waals surface area contributed by atoms with Gasteiger partial charge in [0, 0.05) is 6.20 Å². The highest BCUT2D eigenvalue weighted by molar-refractivity contribution is 7.19. The van der Waals surface area contributed by atoms with E-state index in [1.165, 1.54) is 11.3 Å². The van der Waals surface area contributed by atoms with E-state index in [1.807, 2.05) is 32.0 Å². The molecule has 0 aliphatic heterocycles. The van der Waals surface area contributed by atoms with Gasteiger partial charge in [-0.1, -0.05) is 28.8 Å². The first kappa shape index (κ1) is 14.7. The van der Waals surface area contributed by atoms with Gasteiger partial charge in [-0.2, -0.15) is 0 Å². The fourth-order valence-corrected chi connectivity index (χ4v) is 3.53. The molecule has 0 fully saturated rings. The summed E-state index contributed by atoms with van der Waals surface area (Å²) in [6.45, 7) is 3.85. The molecule has 0 aliphatic carbocycles. The molecule has 3 heterocycles. The zero-order valence-corrected chi connectivity index (χ0v) is 13.7. The molecule has 0 saturated heterocycles. The number of hydrogen-bond acceptors (Lipinski definition) is 7. The molecule has 112 valence electrons. The number of rotatable bonds is 4. The fraction of sp³-hybridized carbons (Fsp3) is 0.214. The Bertz CT molecular complexity index is 797. The minimum Gasteiger partial charge on any atom is -0.297 e. The van der Waals surface area contributed by atoms with E-state index < -0.39 is 0 Å². The Balaban J connectivity index is 1.84. The number of hydrogen-bond donors (Lipinski definition) is 1. The number of aromatic nitrogens is 4. The summed E-state index contributed by atoms with van der Waals surface area (Å²) in [5.41, 5.74) is 2.41. The van der Waals surface area contributed by atoms with Crippen molar-refractivity contribution >= 4 is 33.9 Å². The van der Waals surface area contributed by atoms with Crippen LogP contribution in [0.2, 0.25) is 0 Å². The minimum atomic E-state index is -0.215. The molecule has 22 heavy (non-hydrogen) atoms. The predicted octanol–water partition coefficient (Wildman–Crippen LogP) is 3.18. The number of nitrogens with one attached hydrogen (secondary N) is 1. The molecule has 0 spiro atoms. The summed E-state index contributed by atoms with van der Waals surface area (Å²) < 4.78 is 3.83. The lowest BCUT2D eigenvalue weighted by molar-refractivity contribution is 0.102. The smallest absolute Gasteiger partial charge is 0.271 e. The zero-order valence-electron chi connectivity index (χ0n) is 12.0. The van der Waals surface area contributed by atoms with Crippen molar-refractivity contribution in [2.45, 2.75) is 20.3 Å². The van der Waals surface area contributed by atoms with E-state index >= 15 is 0 Å². The van der Waals surface area contributed by atoms with Gasteiger partial charge >= 0.3 is 0 Å². The molecule has 0 aromatic carbocycles. The molecule has 1 amide bonds. The van der Waals surface area contributed by atoms with E-state index in [2.05, 4.69) is 24.9 Å². The molecule has 8 heteroatoms. The molecule has 3 rings (SSSR count). The van der Waals surface area contributed by atoms with Gasteiger partial charge < -0.3 is 0 Å². The van der Waals surface area contributed by atoms with Crippen LogP contribution in [0.3, 0.4) is 0 Å². The van der Waals surface area contributed by atoms with E-state index in [-0.39, 0.29) is 5.91 Å². The lowest BCUT2D eigenvalue weighted by Crippen LogP contribution is -2.12. The third-order valence-electron chi connectivity index (χ3n) is 3.01. The van der Waals surface area contributed by atoms with Crippen molar-refractivity contribution in [1.29, 1.82) is 0 Å². The van der Waals surface area contributed by atoms with Crippen molar-refractivity contribution in [2.75, 3.05) is 5.32 Å². The summed E-state index contributed by atoms with van der Waals surface area (Å²) >= 11 is 2.51. The number of pyridine rings is 1. The molecule has 3 aromatic heterocycles. The lowest BCUT2D eigenvalue weighted by atomic mass is 10.3. The van der Waals surface area contributed by atoms with Crippen LogP contribution in [0.25, 0.3) is 10.6 Å². The van der Waals surface area contributed by atoms with E-state index in [1.54, 1.807) is 6.20 Å². The van der Waals surface area contributed by atoms with Gasteiger partial charge in [-0.05, 0) is 37.0 Å². The van der Waals surface area contributed by atoms with Crippen LogP contribution in [0.1, 0.15) is 28.0 Å². The van der Waals surface area contributed by atoms with Gasteiger partial charge in [0.2, 0.25) is 0 Å². The van der Waals surface area contributed by atoms with Crippen LogP contribution in [0.5, 0.6) is 0 Å². The van der Waals surface area contributed by atoms with Crippen LogP contribution >= 0.6 is 22.9 Å². The molecule has 0 saturated carbocycles. The number of carbonyl (C=O) groups excluding carboxylic acids is 1. The van der Waals surface area contributed by atoms with Gasteiger partial charge in [-0.3, -0.25) is 15.1 Å². The predicted molar refractivity (Wildman–Crippen MR) is 87.3 cm³/mol. The fourth-order valence-electron chi connectivity index (χ4n) is 1.95. The second kappa shape index (κ2) is 6.29. The Kier molecular flexibility index (Phi) is 4.21. The maximum atomic E-state index is 12.3. The zero-order chi connectivity index (χ0) is 15.5. The topological polar surface area (TPSA) is 80.7 Å². The van der Waals surface area contributed by atoms with Crippen molar-refractivity contribution in [3.8, 4) is 10.6 Å². The van der Waals surface area contributed by atoms with Crippen LogP contribution < -0.4 is 5.32 Å². The first-order valence-corrected chi connectivity index (χ1v) is 8.29. The van der Waals surface area contributed by atoms with Crippen LogP contribution in [0.15, 0.2) is 24.4 Å². The summed E-state index contributed by atoms with van der Waals surface area (Å²) in [4.78, 5) is 22.5. The summed E-state index contributed by atoms with van der Waals surface area (Å²) in [7, 11) is 0. The van der Waals surface area contributed by atoms with Crippen molar-refractivity contribution in [3.05, 3.63) is 40.7 Å². The molecule has 0 aliphatic rings. The molecular weight excluding hydrogens is 318 g/mol. The first-order valence-electron chi connectivity index (χ1n) is 6.70. The Morgan fingerprint density at radius 3 is 2.95 bits per heavy atom. The maximum absolute atomic E-state index is 12.3. The highest BCUT2D eigenvalue weighted by Crippen LogP contribution is 2.31. The molecule has 0 bridgehead atoms. The quantitative estimate of drug-likeness (QED) is 0.794. The molecule has 0 atom stereocenters. The second-order valence-electron chi connectivity index (χ2n) is 4.50. The number of anilines is 1. The van der Waals surface area contributed by atoms with Crippen molar-refractivity contribution in [3.63, 3.8) is 0 Å². The van der Waals surface area contributed by atoms with E-state index in [0.29, 0.717) is 22.1 Å². The number of thiazole rings is 1. The third kappa shape index (κ3) is 2.88. The number of nitrogens with zero attached hydrogens (tertiary/aromatic N) is 4. The largest absolute Gasteiger partial charge is 0.297 e. The minimum absolute atomic E-state index is 0.215. The first-order chi connectivity index (χ1) is 10.7. The molecule has 0 radical (unpaired) electrons. The number of carbonyl (C=O) groups is 1. The van der Waals surface area contributed by atoms with Crippen molar-refractivity contribution in [2.24, 2.45) is 0 Å². The Morgan fingerprint density at radius 2 is 2.23 bits per heavy atom. The van der Waals surface area contributed by atoms with Gasteiger partial charge in [0.15, 0.2) is 5.13 Å². The van der Waals surface area contributed by atoms with Crippen LogP contribution in [-0.2, 0) is 6.42 Å². The molecule has 1 N–H and O–H groups in total. The average Bonchev–Trinajstić information content (AvgIpc) is 3.14. The Labute approximate surface area is 135 Å². The van der Waals surface area contributed by atoms with Gasteiger partial charge in [0.25, 0.3) is 5.91 Å². The third-order valence-corrected chi connectivity index (χ3v) is 4.87. The highest BCUT2D eigenvalue weighted by Gasteiger charge is 2.18. The Hall–Kier alpha value is -2.19. The normalized spacial score (nSPS) is 10.6. The van der Waals surface area contributed by atoms with Crippen molar-refractivity contribution in [1.82, 2.24) is 19.6 Å². The molecule has 3 aromatic rings. The summed E-state index contributed by atoms with van der Waals surface area (Å²) in [6.07, 6.45) is 2.42. The average molecular weight is 331 g/mol. The second-order valence-corrected chi connectivity index (χ2v) is 6.26. The van der Waals surface area contributed by atoms with E-state index in [4.69, 9.17) is 0 Å². The van der Waals surface area contributed by atoms with Crippen LogP contribution in [0.4, 0.5) is 5.13 Å². The van der Waals surface area contributed by atoms with Crippen LogP contribution in [0, 0.1) is 6.92 Å². The standard InChI is InChI=1S/C14H13N5OS2/c1-3-9-12(22-19-18-9)13(20)17-14-16-8(2)11(21-14)10-6-4-5-7-15-10/h4-7H,3H2,1-2H3,(H,16,17,20). The van der Waals surface area contributed by atoms with Gasteiger partial charge in [-0.15, -0.1) is 5.10 Å². The Morgan fingerprint density at radius 1 is 1.36 bits per heavy atom. The van der Waals surface area contributed by atoms with Gasteiger partial charge in [0.1, 0.15) is 4.88 Å². The summed E-state index contributed by atoms with van der Waals surface area (Å²) in [6, 6.07) is 5.72. The summed E-state index contributed by atoms with van der Waals surface area (Å²) in [5.74, 6) is -0.215. The highest BCUT2D eigenvalue weighted by atomic mass is 32.1. The van der Waals surface area contributed by atoms with Crippen LogP contribution in [-0.4, -0.2) is 25.5 Å². The van der Waals surface area contributed by atoms with Gasteiger partial charge in [0.05, 0.1) is 22.0 Å². The summed E-state index contributed by atoms with van der Waals surface area (Å²) in [5, 5.41) is 7.32. The number of aryl methyl sites for hydroxylation is 2. The molecule has 0 unspecified atom stereocenters. The monoisotopic (exact) mass is 331 g/mol. The molecule has 6 nitrogen and oxygen atoms in total. The maximum Gasteiger partial charge on any atom is 0.271 e. The van der Waals surface area contributed by atoms with Gasteiger partial charge in [-0.25, -0.2) is 4.98 Å². The molecular formula is C14H13N5OS2. The van der Waals surface area contributed by atoms with E-state index in [0.717, 1.165) is 27.8 Å². The van der Waals surface area contributed by atoms with Crippen molar-refractivity contribution < 1.29 is 4.79 Å². The van der Waals surface area contributed by atoms with E-state index in [9.17, 15) is 4.79 Å². The number of amides is 1. The SMILES string of the molecule is CCc1nnsc1C(=O)Nc1nc(C)c(-c2ccccn2)s1. The lowest BCUT2D eigenvalue weighted by Gasteiger charge is -1.99.